The van der Waals surface area contributed by atoms with Crippen molar-refractivity contribution in [2.24, 2.45) is 11.8 Å². The van der Waals surface area contributed by atoms with Crippen LogP contribution in [0.2, 0.25) is 0 Å². The van der Waals surface area contributed by atoms with Crippen LogP contribution in [0.1, 0.15) is 40.0 Å². The maximum atomic E-state index is 12.4. The molecule has 3 aliphatic rings. The summed E-state index contributed by atoms with van der Waals surface area (Å²) in [5.41, 5.74) is 1.05. The Morgan fingerprint density at radius 1 is 0.947 bits per heavy atom. The summed E-state index contributed by atoms with van der Waals surface area (Å²) in [6.07, 6.45) is 2.19. The maximum Gasteiger partial charge on any atom is 0.261 e. The highest BCUT2D eigenvalue weighted by Crippen LogP contribution is 2.48. The highest BCUT2D eigenvalue weighted by Gasteiger charge is 2.52. The van der Waals surface area contributed by atoms with Gasteiger partial charge in [0, 0.05) is 6.04 Å². The van der Waals surface area contributed by atoms with Gasteiger partial charge in [-0.05, 0) is 43.2 Å². The zero-order valence-electron chi connectivity index (χ0n) is 10.5. The molecule has 0 radical (unpaired) electrons. The molecule has 19 heavy (non-hydrogen) atoms. The molecule has 2 bridgehead atoms. The molecule has 4 nitrogen and oxygen atoms in total. The molecule has 1 aromatic rings. The molecule has 1 N–H and O–H groups in total. The number of imide groups is 1. The Morgan fingerprint density at radius 3 is 2.05 bits per heavy atom. The first kappa shape index (κ1) is 11.2. The fourth-order valence-electron chi connectivity index (χ4n) is 4.04. The van der Waals surface area contributed by atoms with Gasteiger partial charge in [0.1, 0.15) is 0 Å². The Labute approximate surface area is 111 Å². The quantitative estimate of drug-likeness (QED) is 0.774. The highest BCUT2D eigenvalue weighted by molar-refractivity contribution is 6.21. The molecule has 2 amide bonds. The first-order chi connectivity index (χ1) is 9.16. The molecule has 98 valence electrons. The number of aliphatic hydroxyl groups is 1. The van der Waals surface area contributed by atoms with Gasteiger partial charge >= 0.3 is 0 Å². The van der Waals surface area contributed by atoms with Crippen molar-refractivity contribution in [2.75, 3.05) is 0 Å². The number of nitrogens with zero attached hydrogens (tertiary/aromatic N) is 1. The molecular formula is C15H15NO3. The van der Waals surface area contributed by atoms with Gasteiger partial charge in [-0.1, -0.05) is 12.1 Å². The van der Waals surface area contributed by atoms with Crippen LogP contribution in [0.4, 0.5) is 0 Å². The minimum absolute atomic E-state index is 0.0131. The molecule has 0 spiro atoms. The van der Waals surface area contributed by atoms with Crippen molar-refractivity contribution in [3.05, 3.63) is 35.4 Å². The van der Waals surface area contributed by atoms with Gasteiger partial charge in [-0.3, -0.25) is 14.5 Å². The molecule has 1 aliphatic heterocycles. The Morgan fingerprint density at radius 2 is 1.58 bits per heavy atom. The summed E-state index contributed by atoms with van der Waals surface area (Å²) in [5.74, 6) is 0.224. The zero-order valence-corrected chi connectivity index (χ0v) is 10.5. The largest absolute Gasteiger partial charge is 0.393 e. The van der Waals surface area contributed by atoms with Gasteiger partial charge in [-0.15, -0.1) is 0 Å². The van der Waals surface area contributed by atoms with Crippen molar-refractivity contribution in [3.8, 4) is 0 Å². The smallest absolute Gasteiger partial charge is 0.261 e. The van der Waals surface area contributed by atoms with Crippen molar-refractivity contribution in [3.63, 3.8) is 0 Å². The molecule has 2 aliphatic carbocycles. The van der Waals surface area contributed by atoms with Crippen LogP contribution in [0.3, 0.4) is 0 Å². The van der Waals surface area contributed by atoms with Gasteiger partial charge in [0.2, 0.25) is 0 Å². The number of hydrogen-bond donors (Lipinski definition) is 1. The van der Waals surface area contributed by atoms with E-state index in [0.717, 1.165) is 19.3 Å². The van der Waals surface area contributed by atoms with E-state index >= 15 is 0 Å². The van der Waals surface area contributed by atoms with E-state index in [1.54, 1.807) is 24.3 Å². The number of aliphatic hydroxyl groups excluding tert-OH is 1. The van der Waals surface area contributed by atoms with Crippen LogP contribution in [-0.4, -0.2) is 34.0 Å². The minimum Gasteiger partial charge on any atom is -0.393 e. The lowest BCUT2D eigenvalue weighted by Gasteiger charge is -2.31. The monoisotopic (exact) mass is 257 g/mol. The third kappa shape index (κ3) is 1.38. The summed E-state index contributed by atoms with van der Waals surface area (Å²) < 4.78 is 0. The van der Waals surface area contributed by atoms with Crippen LogP contribution < -0.4 is 0 Å². The van der Waals surface area contributed by atoms with Crippen molar-refractivity contribution < 1.29 is 14.7 Å². The van der Waals surface area contributed by atoms with Gasteiger partial charge in [0.15, 0.2) is 0 Å². The van der Waals surface area contributed by atoms with Gasteiger partial charge < -0.3 is 5.11 Å². The summed E-state index contributed by atoms with van der Waals surface area (Å²) >= 11 is 0. The van der Waals surface area contributed by atoms with Crippen LogP contribution in [0, 0.1) is 11.8 Å². The molecular weight excluding hydrogens is 242 g/mol. The van der Waals surface area contributed by atoms with Crippen LogP contribution >= 0.6 is 0 Å². The Kier molecular flexibility index (Phi) is 2.16. The van der Waals surface area contributed by atoms with Crippen molar-refractivity contribution in [1.29, 1.82) is 0 Å². The number of benzene rings is 1. The van der Waals surface area contributed by atoms with Crippen LogP contribution in [-0.2, 0) is 0 Å². The normalized spacial score (nSPS) is 36.2. The number of hydrogen-bond acceptors (Lipinski definition) is 3. The van der Waals surface area contributed by atoms with E-state index < -0.39 is 0 Å². The average Bonchev–Trinajstić information content (AvgIpc) is 3.03. The Bertz CT molecular complexity index is 546. The standard InChI is InChI=1S/C15H15NO3/c17-13-7-8-5-9(13)6-12(8)16-14(18)10-3-1-2-4-11(10)15(16)19/h1-4,8-9,12-13,17H,5-7H2/t8-,9-,12+,13+/m0/s1. The lowest BCUT2D eigenvalue weighted by Crippen LogP contribution is -2.44. The molecule has 1 heterocycles. The number of amides is 2. The highest BCUT2D eigenvalue weighted by atomic mass is 16.3. The second-order valence-electron chi connectivity index (χ2n) is 5.89. The van der Waals surface area contributed by atoms with E-state index in [4.69, 9.17) is 0 Å². The van der Waals surface area contributed by atoms with Gasteiger partial charge in [-0.2, -0.15) is 0 Å². The summed E-state index contributed by atoms with van der Waals surface area (Å²) in [6.45, 7) is 0. The van der Waals surface area contributed by atoms with Gasteiger partial charge in [0.05, 0.1) is 17.2 Å². The number of fused-ring (bicyclic) bond motifs is 3. The third-order valence-electron chi connectivity index (χ3n) is 4.94. The van der Waals surface area contributed by atoms with E-state index in [-0.39, 0.29) is 35.8 Å². The number of carbonyl (C=O) groups excluding carboxylic acids is 2. The van der Waals surface area contributed by atoms with Crippen LogP contribution in [0.25, 0.3) is 0 Å². The SMILES string of the molecule is O=C1c2ccccc2C(=O)N1[C@@H]1C[C@@H]2C[C@H]1C[C@H]2O. The molecule has 2 fully saturated rings. The molecule has 0 saturated heterocycles. The summed E-state index contributed by atoms with van der Waals surface area (Å²) in [7, 11) is 0. The minimum atomic E-state index is -0.239. The predicted molar refractivity (Wildman–Crippen MR) is 67.6 cm³/mol. The van der Waals surface area contributed by atoms with E-state index in [9.17, 15) is 14.7 Å². The maximum absolute atomic E-state index is 12.4. The molecule has 4 heteroatoms. The van der Waals surface area contributed by atoms with E-state index in [1.807, 2.05) is 0 Å². The average molecular weight is 257 g/mol. The zero-order chi connectivity index (χ0) is 13.1. The van der Waals surface area contributed by atoms with E-state index in [2.05, 4.69) is 0 Å². The molecule has 4 atom stereocenters. The van der Waals surface area contributed by atoms with Gasteiger partial charge in [-0.25, -0.2) is 0 Å². The molecule has 4 rings (SSSR count). The van der Waals surface area contributed by atoms with E-state index in [1.165, 1.54) is 4.90 Å². The number of rotatable bonds is 1. The first-order valence-electron chi connectivity index (χ1n) is 6.82. The van der Waals surface area contributed by atoms with Crippen LogP contribution in [0.5, 0.6) is 0 Å². The third-order valence-corrected chi connectivity index (χ3v) is 4.94. The Hall–Kier alpha value is -1.68. The molecule has 0 unspecified atom stereocenters. The molecule has 2 saturated carbocycles. The van der Waals surface area contributed by atoms with Crippen molar-refractivity contribution in [1.82, 2.24) is 4.90 Å². The fourth-order valence-corrected chi connectivity index (χ4v) is 4.04. The topological polar surface area (TPSA) is 57.6 Å². The second-order valence-corrected chi connectivity index (χ2v) is 5.89. The van der Waals surface area contributed by atoms with Crippen molar-refractivity contribution >= 4 is 11.8 Å². The second kappa shape index (κ2) is 3.67. The lowest BCUT2D eigenvalue weighted by molar-refractivity contribution is 0.0421. The lowest BCUT2D eigenvalue weighted by atomic mass is 9.92. The summed E-state index contributed by atoms with van der Waals surface area (Å²) in [6, 6.07) is 7.01. The number of carbonyl (C=O) groups is 2. The van der Waals surface area contributed by atoms with E-state index in [0.29, 0.717) is 11.1 Å². The molecule has 0 aromatic heterocycles. The van der Waals surface area contributed by atoms with Gasteiger partial charge in [0.25, 0.3) is 11.8 Å². The Balaban J connectivity index is 1.69. The molecule has 1 aromatic carbocycles. The van der Waals surface area contributed by atoms with Crippen molar-refractivity contribution in [2.45, 2.75) is 31.4 Å². The van der Waals surface area contributed by atoms with Crippen LogP contribution in [0.15, 0.2) is 24.3 Å². The predicted octanol–water partition coefficient (Wildman–Crippen LogP) is 1.44. The fraction of sp³-hybridized carbons (Fsp3) is 0.467. The summed E-state index contributed by atoms with van der Waals surface area (Å²) in [5, 5.41) is 9.80. The summed E-state index contributed by atoms with van der Waals surface area (Å²) in [4.78, 5) is 26.2. The first-order valence-corrected chi connectivity index (χ1v) is 6.82.